The smallest absolute Gasteiger partial charge is 0.293 e. The molecule has 0 unspecified atom stereocenters. The number of methoxy groups -OCH3 is 1. The molecule has 1 fully saturated rings. The van der Waals surface area contributed by atoms with E-state index < -0.39 is 17.0 Å². The Bertz CT molecular complexity index is 1330. The lowest BCUT2D eigenvalue weighted by Gasteiger charge is -2.14. The second-order valence-corrected chi connectivity index (χ2v) is 9.65. The van der Waals surface area contributed by atoms with Crippen molar-refractivity contribution in [1.29, 1.82) is 0 Å². The monoisotopic (exact) mass is 551 g/mol. The predicted molar refractivity (Wildman–Crippen MR) is 137 cm³/mol. The summed E-state index contributed by atoms with van der Waals surface area (Å²) in [5.74, 6) is -0.183. The maximum atomic E-state index is 14.1. The van der Waals surface area contributed by atoms with Crippen LogP contribution in [0.1, 0.15) is 16.7 Å². The van der Waals surface area contributed by atoms with Crippen molar-refractivity contribution in [3.05, 3.63) is 97.1 Å². The zero-order valence-corrected chi connectivity index (χ0v) is 21.3. The summed E-state index contributed by atoms with van der Waals surface area (Å²) in [5, 5.41) is 0.663. The first-order chi connectivity index (χ1) is 16.8. The molecule has 1 aliphatic heterocycles. The number of carbonyl (C=O) groups excluding carboxylic acids is 2. The molecule has 180 valence electrons. The van der Waals surface area contributed by atoms with Gasteiger partial charge in [0.05, 0.1) is 23.6 Å². The average molecular weight is 553 g/mol. The normalized spacial score (nSPS) is 14.7. The standard InChI is InChI=1S/C25H17Cl3FNO4S/c1-33-21-8-5-14(9-22(21)34-13-17-18(27)3-2-4-20(17)29)10-23-24(31)30(25(32)35-23)12-15-6-7-16(26)11-19(15)28/h2-11H,12-13H2,1H3/b23-10-. The molecular weight excluding hydrogens is 536 g/mol. The number of halogens is 4. The molecule has 3 aromatic rings. The van der Waals surface area contributed by atoms with Crippen molar-refractivity contribution in [3.63, 3.8) is 0 Å². The van der Waals surface area contributed by atoms with Crippen molar-refractivity contribution in [1.82, 2.24) is 4.90 Å². The first-order valence-electron chi connectivity index (χ1n) is 10.2. The average Bonchev–Trinajstić information content (AvgIpc) is 3.08. The van der Waals surface area contributed by atoms with Crippen molar-refractivity contribution in [2.24, 2.45) is 0 Å². The number of carbonyl (C=O) groups is 2. The second kappa shape index (κ2) is 10.9. The molecule has 0 radical (unpaired) electrons. The molecule has 4 rings (SSSR count). The van der Waals surface area contributed by atoms with Crippen LogP contribution in [0.3, 0.4) is 0 Å². The van der Waals surface area contributed by atoms with E-state index in [4.69, 9.17) is 44.3 Å². The summed E-state index contributed by atoms with van der Waals surface area (Å²) in [7, 11) is 1.48. The van der Waals surface area contributed by atoms with E-state index in [1.807, 2.05) is 0 Å². The Morgan fingerprint density at radius 1 is 1.00 bits per heavy atom. The lowest BCUT2D eigenvalue weighted by Crippen LogP contribution is -2.27. The molecule has 0 aromatic heterocycles. The van der Waals surface area contributed by atoms with Crippen LogP contribution in [0, 0.1) is 5.82 Å². The molecule has 0 N–H and O–H groups in total. The van der Waals surface area contributed by atoms with E-state index in [1.54, 1.807) is 48.5 Å². The predicted octanol–water partition coefficient (Wildman–Crippen LogP) is 7.61. The van der Waals surface area contributed by atoms with E-state index in [1.165, 1.54) is 19.2 Å². The Hall–Kier alpha value is -2.71. The van der Waals surface area contributed by atoms with Crippen LogP contribution in [0.15, 0.2) is 59.5 Å². The number of imide groups is 1. The fraction of sp³-hybridized carbons (Fsp3) is 0.120. The molecule has 0 saturated carbocycles. The van der Waals surface area contributed by atoms with Crippen molar-refractivity contribution in [3.8, 4) is 11.5 Å². The van der Waals surface area contributed by atoms with Crippen LogP contribution >= 0.6 is 46.6 Å². The summed E-state index contributed by atoms with van der Waals surface area (Å²) in [6.07, 6.45) is 1.58. The summed E-state index contributed by atoms with van der Waals surface area (Å²) < 4.78 is 25.2. The van der Waals surface area contributed by atoms with Crippen LogP contribution in [0.2, 0.25) is 15.1 Å². The number of hydrogen-bond acceptors (Lipinski definition) is 5. The Kier molecular flexibility index (Phi) is 7.91. The third kappa shape index (κ3) is 5.76. The van der Waals surface area contributed by atoms with Gasteiger partial charge in [-0.25, -0.2) is 4.39 Å². The summed E-state index contributed by atoms with van der Waals surface area (Å²) in [4.78, 5) is 26.8. The van der Waals surface area contributed by atoms with Crippen molar-refractivity contribution in [2.45, 2.75) is 13.2 Å². The van der Waals surface area contributed by atoms with Gasteiger partial charge in [-0.2, -0.15) is 0 Å². The maximum Gasteiger partial charge on any atom is 0.293 e. The number of nitrogens with zero attached hydrogens (tertiary/aromatic N) is 1. The van der Waals surface area contributed by atoms with Gasteiger partial charge in [-0.15, -0.1) is 0 Å². The fourth-order valence-corrected chi connectivity index (χ4v) is 4.85. The van der Waals surface area contributed by atoms with Gasteiger partial charge in [-0.05, 0) is 65.4 Å². The van der Waals surface area contributed by atoms with Gasteiger partial charge in [0.1, 0.15) is 12.4 Å². The molecule has 1 saturated heterocycles. The van der Waals surface area contributed by atoms with Gasteiger partial charge in [-0.1, -0.05) is 53.0 Å². The molecule has 0 spiro atoms. The van der Waals surface area contributed by atoms with E-state index >= 15 is 0 Å². The number of hydrogen-bond donors (Lipinski definition) is 0. The van der Waals surface area contributed by atoms with Crippen molar-refractivity contribution in [2.75, 3.05) is 7.11 Å². The minimum atomic E-state index is -0.484. The van der Waals surface area contributed by atoms with Gasteiger partial charge in [0.15, 0.2) is 11.5 Å². The van der Waals surface area contributed by atoms with Crippen LogP contribution in [0.25, 0.3) is 6.08 Å². The van der Waals surface area contributed by atoms with Crippen LogP contribution in [-0.4, -0.2) is 23.2 Å². The van der Waals surface area contributed by atoms with E-state index in [9.17, 15) is 14.0 Å². The molecule has 0 atom stereocenters. The highest BCUT2D eigenvalue weighted by Crippen LogP contribution is 2.36. The van der Waals surface area contributed by atoms with Gasteiger partial charge < -0.3 is 9.47 Å². The van der Waals surface area contributed by atoms with E-state index in [2.05, 4.69) is 0 Å². The molecular formula is C25H17Cl3FNO4S. The molecule has 35 heavy (non-hydrogen) atoms. The first kappa shape index (κ1) is 25.4. The molecule has 0 aliphatic carbocycles. The summed E-state index contributed by atoms with van der Waals surface area (Å²) in [5.41, 5.74) is 1.41. The Morgan fingerprint density at radius 2 is 1.80 bits per heavy atom. The SMILES string of the molecule is COc1ccc(/C=C2\SC(=O)N(Cc3ccc(Cl)cc3Cl)C2=O)cc1OCc1c(F)cccc1Cl. The highest BCUT2D eigenvalue weighted by Gasteiger charge is 2.35. The number of amides is 2. The molecule has 1 heterocycles. The quantitative estimate of drug-likeness (QED) is 0.282. The zero-order valence-electron chi connectivity index (χ0n) is 18.2. The third-order valence-corrected chi connectivity index (χ3v) is 6.98. The topological polar surface area (TPSA) is 55.8 Å². The lowest BCUT2D eigenvalue weighted by molar-refractivity contribution is -0.123. The maximum absolute atomic E-state index is 14.1. The highest BCUT2D eigenvalue weighted by molar-refractivity contribution is 8.18. The molecule has 10 heteroatoms. The Balaban J connectivity index is 1.55. The number of thioether (sulfide) groups is 1. The minimum absolute atomic E-state index is 0.0262. The molecule has 3 aromatic carbocycles. The van der Waals surface area contributed by atoms with Crippen molar-refractivity contribution >= 4 is 63.8 Å². The highest BCUT2D eigenvalue weighted by atomic mass is 35.5. The molecule has 1 aliphatic rings. The van der Waals surface area contributed by atoms with Gasteiger partial charge in [0.25, 0.3) is 11.1 Å². The lowest BCUT2D eigenvalue weighted by atomic mass is 10.1. The summed E-state index contributed by atoms with van der Waals surface area (Å²) >= 11 is 19.0. The van der Waals surface area contributed by atoms with Crippen molar-refractivity contribution < 1.29 is 23.5 Å². The number of rotatable bonds is 7. The summed E-state index contributed by atoms with van der Waals surface area (Å²) in [6, 6.07) is 14.3. The largest absolute Gasteiger partial charge is 0.493 e. The van der Waals surface area contributed by atoms with Crippen LogP contribution in [-0.2, 0) is 17.9 Å². The Labute approximate surface area is 220 Å². The summed E-state index contributed by atoms with van der Waals surface area (Å²) in [6.45, 7) is -0.0952. The van der Waals surface area contributed by atoms with E-state index in [0.717, 1.165) is 16.7 Å². The van der Waals surface area contributed by atoms with Gasteiger partial charge in [-0.3, -0.25) is 14.5 Å². The van der Waals surface area contributed by atoms with Crippen LogP contribution in [0.4, 0.5) is 9.18 Å². The number of benzene rings is 3. The molecule has 0 bridgehead atoms. The van der Waals surface area contributed by atoms with Gasteiger partial charge >= 0.3 is 0 Å². The Morgan fingerprint density at radius 3 is 2.51 bits per heavy atom. The molecule has 2 amide bonds. The van der Waals surface area contributed by atoms with Crippen LogP contribution < -0.4 is 9.47 Å². The van der Waals surface area contributed by atoms with E-state index in [-0.39, 0.29) is 28.6 Å². The minimum Gasteiger partial charge on any atom is -0.493 e. The molecule has 5 nitrogen and oxygen atoms in total. The number of ether oxygens (including phenoxy) is 2. The van der Waals surface area contributed by atoms with Crippen LogP contribution in [0.5, 0.6) is 11.5 Å². The zero-order chi connectivity index (χ0) is 25.1. The van der Waals surface area contributed by atoms with E-state index in [0.29, 0.717) is 32.7 Å². The van der Waals surface area contributed by atoms with Gasteiger partial charge in [0, 0.05) is 15.6 Å². The van der Waals surface area contributed by atoms with Gasteiger partial charge in [0.2, 0.25) is 0 Å². The fourth-order valence-electron chi connectivity index (χ4n) is 3.32. The first-order valence-corrected chi connectivity index (χ1v) is 12.1. The third-order valence-electron chi connectivity index (χ3n) is 5.14. The second-order valence-electron chi connectivity index (χ2n) is 7.40.